The van der Waals surface area contributed by atoms with Gasteiger partial charge in [0.15, 0.2) is 11.6 Å². The van der Waals surface area contributed by atoms with Gasteiger partial charge < -0.3 is 15.5 Å². The van der Waals surface area contributed by atoms with E-state index < -0.39 is 35.2 Å². The molecule has 152 valence electrons. The number of carbonyl (C=O) groups is 1. The Morgan fingerprint density at radius 2 is 1.93 bits per heavy atom. The predicted molar refractivity (Wildman–Crippen MR) is 96.5 cm³/mol. The third-order valence-corrected chi connectivity index (χ3v) is 3.93. The quantitative estimate of drug-likeness (QED) is 0.385. The minimum absolute atomic E-state index is 0.176. The minimum Gasteiger partial charge on any atom is -0.394 e. The molecule has 28 heavy (non-hydrogen) atoms. The van der Waals surface area contributed by atoms with Crippen LogP contribution in [0.5, 0.6) is 0 Å². The zero-order valence-electron chi connectivity index (χ0n) is 15.1. The summed E-state index contributed by atoms with van der Waals surface area (Å²) in [5.41, 5.74) is 1.45. The Hall–Kier alpha value is -2.62. The largest absolute Gasteiger partial charge is 0.394 e. The molecule has 9 heteroatoms. The van der Waals surface area contributed by atoms with Crippen LogP contribution >= 0.6 is 0 Å². The van der Waals surface area contributed by atoms with Gasteiger partial charge in [0.25, 0.3) is 5.91 Å². The summed E-state index contributed by atoms with van der Waals surface area (Å²) in [5, 5.41) is 20.7. The van der Waals surface area contributed by atoms with E-state index in [9.17, 15) is 23.1 Å². The fraction of sp³-hybridized carbons (Fsp3) is 0.316. The van der Waals surface area contributed by atoms with E-state index >= 15 is 0 Å². The average molecular weight is 398 g/mol. The molecule has 0 radical (unpaired) electrons. The summed E-state index contributed by atoms with van der Waals surface area (Å²) >= 11 is 0. The lowest BCUT2D eigenvalue weighted by Crippen LogP contribution is -2.26. The molecule has 1 unspecified atom stereocenters. The Bertz CT molecular complexity index is 833. The van der Waals surface area contributed by atoms with Gasteiger partial charge in [0, 0.05) is 0 Å². The van der Waals surface area contributed by atoms with Gasteiger partial charge >= 0.3 is 0 Å². The summed E-state index contributed by atoms with van der Waals surface area (Å²) in [6, 6.07) is 5.78. The van der Waals surface area contributed by atoms with Crippen molar-refractivity contribution in [3.05, 3.63) is 58.9 Å². The van der Waals surface area contributed by atoms with Gasteiger partial charge in [-0.05, 0) is 42.7 Å². The van der Waals surface area contributed by atoms with Crippen LogP contribution in [0.1, 0.15) is 29.3 Å². The molecule has 0 aromatic heterocycles. The number of rotatable bonds is 9. The fourth-order valence-corrected chi connectivity index (χ4v) is 2.42. The van der Waals surface area contributed by atoms with Crippen LogP contribution in [0.15, 0.2) is 30.3 Å². The molecule has 0 saturated heterocycles. The van der Waals surface area contributed by atoms with Crippen molar-refractivity contribution < 1.29 is 33.0 Å². The number of anilines is 2. The number of benzene rings is 2. The molecular formula is C19H21F3N2O4. The van der Waals surface area contributed by atoms with Gasteiger partial charge in [-0.25, -0.2) is 18.7 Å². The molecule has 0 aliphatic rings. The highest BCUT2D eigenvalue weighted by atomic mass is 19.2. The van der Waals surface area contributed by atoms with Crippen molar-refractivity contribution in [1.82, 2.24) is 5.48 Å². The Morgan fingerprint density at radius 1 is 1.18 bits per heavy atom. The summed E-state index contributed by atoms with van der Waals surface area (Å²) in [4.78, 5) is 16.8. The first-order valence-electron chi connectivity index (χ1n) is 8.61. The summed E-state index contributed by atoms with van der Waals surface area (Å²) in [5.74, 6) is -4.25. The lowest BCUT2D eigenvalue weighted by Gasteiger charge is -2.15. The number of aliphatic hydroxyl groups is 2. The third kappa shape index (κ3) is 5.44. The van der Waals surface area contributed by atoms with Gasteiger partial charge in [0.1, 0.15) is 5.82 Å². The van der Waals surface area contributed by atoms with E-state index in [1.165, 1.54) is 18.2 Å². The molecular weight excluding hydrogens is 377 g/mol. The van der Waals surface area contributed by atoms with Gasteiger partial charge in [-0.3, -0.25) is 9.63 Å². The van der Waals surface area contributed by atoms with Crippen LogP contribution in [-0.2, 0) is 11.3 Å². The number of hydroxylamine groups is 1. The number of hydrogen-bond acceptors (Lipinski definition) is 5. The molecule has 0 bridgehead atoms. The molecule has 0 heterocycles. The van der Waals surface area contributed by atoms with Crippen molar-refractivity contribution in [1.29, 1.82) is 0 Å². The van der Waals surface area contributed by atoms with E-state index in [1.54, 1.807) is 6.92 Å². The van der Waals surface area contributed by atoms with E-state index in [0.717, 1.165) is 12.1 Å². The van der Waals surface area contributed by atoms with Crippen molar-refractivity contribution >= 4 is 17.3 Å². The topological polar surface area (TPSA) is 90.8 Å². The SMILES string of the molecule is CCC(O)Cc1ccc(Nc2c(C(=O)NOCCO)ccc(F)c2F)c(F)c1. The maximum atomic E-state index is 14.4. The normalized spacial score (nSPS) is 11.9. The molecule has 0 saturated carbocycles. The maximum Gasteiger partial charge on any atom is 0.277 e. The van der Waals surface area contributed by atoms with Crippen molar-refractivity contribution in [2.75, 3.05) is 18.5 Å². The average Bonchev–Trinajstić information content (AvgIpc) is 2.67. The second-order valence-electron chi connectivity index (χ2n) is 5.99. The van der Waals surface area contributed by atoms with E-state index in [0.29, 0.717) is 12.0 Å². The number of aliphatic hydroxyl groups excluding tert-OH is 2. The Labute approximate surface area is 159 Å². The molecule has 0 fully saturated rings. The number of hydrogen-bond donors (Lipinski definition) is 4. The lowest BCUT2D eigenvalue weighted by molar-refractivity contribution is 0.0168. The Balaban J connectivity index is 2.29. The van der Waals surface area contributed by atoms with Crippen LogP contribution in [0.4, 0.5) is 24.5 Å². The molecule has 2 aromatic carbocycles. The third-order valence-electron chi connectivity index (χ3n) is 3.93. The summed E-state index contributed by atoms with van der Waals surface area (Å²) in [6.07, 6.45) is 0.137. The van der Waals surface area contributed by atoms with Crippen molar-refractivity contribution in [2.45, 2.75) is 25.9 Å². The van der Waals surface area contributed by atoms with Gasteiger partial charge in [0.05, 0.1) is 36.3 Å². The first-order valence-corrected chi connectivity index (χ1v) is 8.61. The van der Waals surface area contributed by atoms with Crippen molar-refractivity contribution in [2.24, 2.45) is 0 Å². The van der Waals surface area contributed by atoms with Crippen LogP contribution in [0.2, 0.25) is 0 Å². The van der Waals surface area contributed by atoms with E-state index in [4.69, 9.17) is 5.11 Å². The number of halogens is 3. The fourth-order valence-electron chi connectivity index (χ4n) is 2.42. The molecule has 1 atom stereocenters. The highest BCUT2D eigenvalue weighted by molar-refractivity contribution is 5.99. The van der Waals surface area contributed by atoms with Crippen LogP contribution in [0.3, 0.4) is 0 Å². The van der Waals surface area contributed by atoms with Gasteiger partial charge in [-0.1, -0.05) is 13.0 Å². The summed E-state index contributed by atoms with van der Waals surface area (Å²) in [7, 11) is 0. The Kier molecular flexibility index (Phi) is 7.80. The second kappa shape index (κ2) is 10.1. The molecule has 2 aromatic rings. The van der Waals surface area contributed by atoms with Crippen LogP contribution in [0.25, 0.3) is 0 Å². The molecule has 0 aliphatic carbocycles. The number of carbonyl (C=O) groups excluding carboxylic acids is 1. The zero-order valence-corrected chi connectivity index (χ0v) is 15.1. The van der Waals surface area contributed by atoms with E-state index in [-0.39, 0.29) is 30.9 Å². The van der Waals surface area contributed by atoms with E-state index in [2.05, 4.69) is 10.2 Å². The van der Waals surface area contributed by atoms with Gasteiger partial charge in [-0.2, -0.15) is 0 Å². The standard InChI is InChI=1S/C19H21F3N2O4/c1-2-12(26)9-11-3-6-16(15(21)10-11)23-18-13(4-5-14(20)17(18)22)19(27)24-28-8-7-25/h3-6,10,12,23,25-26H,2,7-9H2,1H3,(H,24,27). The lowest BCUT2D eigenvalue weighted by atomic mass is 10.1. The molecule has 0 spiro atoms. The molecule has 4 N–H and O–H groups in total. The van der Waals surface area contributed by atoms with Crippen molar-refractivity contribution in [3.8, 4) is 0 Å². The first kappa shape index (κ1) is 21.7. The first-order chi connectivity index (χ1) is 13.4. The maximum absolute atomic E-state index is 14.4. The summed E-state index contributed by atoms with van der Waals surface area (Å²) in [6.45, 7) is 1.24. The van der Waals surface area contributed by atoms with Crippen LogP contribution < -0.4 is 10.8 Å². The Morgan fingerprint density at radius 3 is 2.57 bits per heavy atom. The zero-order chi connectivity index (χ0) is 20.7. The van der Waals surface area contributed by atoms with E-state index in [1.807, 2.05) is 5.48 Å². The number of amides is 1. The monoisotopic (exact) mass is 398 g/mol. The van der Waals surface area contributed by atoms with Crippen LogP contribution in [-0.4, -0.2) is 35.4 Å². The molecule has 1 amide bonds. The number of nitrogens with one attached hydrogen (secondary N) is 2. The second-order valence-corrected chi connectivity index (χ2v) is 5.99. The van der Waals surface area contributed by atoms with Gasteiger partial charge in [-0.15, -0.1) is 0 Å². The highest BCUT2D eigenvalue weighted by Gasteiger charge is 2.20. The minimum atomic E-state index is -1.36. The van der Waals surface area contributed by atoms with Crippen LogP contribution in [0, 0.1) is 17.5 Å². The smallest absolute Gasteiger partial charge is 0.277 e. The molecule has 2 rings (SSSR count). The summed E-state index contributed by atoms with van der Waals surface area (Å²) < 4.78 is 42.3. The van der Waals surface area contributed by atoms with Gasteiger partial charge in [0.2, 0.25) is 0 Å². The van der Waals surface area contributed by atoms with Crippen molar-refractivity contribution in [3.63, 3.8) is 0 Å². The predicted octanol–water partition coefficient (Wildman–Crippen LogP) is 2.81. The molecule has 6 nitrogen and oxygen atoms in total. The molecule has 0 aliphatic heterocycles. The highest BCUT2D eigenvalue weighted by Crippen LogP contribution is 2.28.